The van der Waals surface area contributed by atoms with Gasteiger partial charge in [-0.15, -0.1) is 0 Å². The third kappa shape index (κ3) is 3.02. The molecule has 1 atom stereocenters. The van der Waals surface area contributed by atoms with Crippen LogP contribution in [0.25, 0.3) is 0 Å². The first-order valence-electron chi connectivity index (χ1n) is 7.08. The van der Waals surface area contributed by atoms with Gasteiger partial charge in [-0.1, -0.05) is 44.4 Å². The Balaban J connectivity index is 2.07. The fraction of sp³-hybridized carbons (Fsp3) is 0.625. The highest BCUT2D eigenvalue weighted by molar-refractivity contribution is 5.45. The first-order chi connectivity index (χ1) is 8.24. The fourth-order valence-corrected chi connectivity index (χ4v) is 3.07. The van der Waals surface area contributed by atoms with E-state index in [4.69, 9.17) is 0 Å². The molecule has 0 bridgehead atoms. The summed E-state index contributed by atoms with van der Waals surface area (Å²) in [6.07, 6.45) is 8.25. The van der Waals surface area contributed by atoms with E-state index >= 15 is 0 Å². The van der Waals surface area contributed by atoms with Gasteiger partial charge in [0.05, 0.1) is 0 Å². The van der Waals surface area contributed by atoms with Crippen molar-refractivity contribution in [2.45, 2.75) is 57.9 Å². The monoisotopic (exact) mass is 231 g/mol. The highest BCUT2D eigenvalue weighted by Gasteiger charge is 2.33. The Morgan fingerprint density at radius 3 is 2.35 bits per heavy atom. The number of rotatable bonds is 4. The van der Waals surface area contributed by atoms with E-state index in [9.17, 15) is 0 Å². The minimum absolute atomic E-state index is 0.266. The molecule has 0 spiro atoms. The lowest BCUT2D eigenvalue weighted by Gasteiger charge is -2.41. The Morgan fingerprint density at radius 2 is 1.76 bits per heavy atom. The molecule has 1 aromatic carbocycles. The Hall–Kier alpha value is -0.980. The first-order valence-corrected chi connectivity index (χ1v) is 7.08. The molecule has 94 valence electrons. The summed E-state index contributed by atoms with van der Waals surface area (Å²) < 4.78 is 0. The zero-order valence-corrected chi connectivity index (χ0v) is 11.2. The number of para-hydroxylation sites is 1. The first kappa shape index (κ1) is 12.5. The van der Waals surface area contributed by atoms with Gasteiger partial charge in [0.1, 0.15) is 0 Å². The van der Waals surface area contributed by atoms with E-state index in [0.717, 1.165) is 5.92 Å². The second-order valence-corrected chi connectivity index (χ2v) is 5.60. The number of anilines is 1. The summed E-state index contributed by atoms with van der Waals surface area (Å²) in [5, 5.41) is 3.77. The SMILES string of the molecule is CCC(C)(Nc1ccccc1)C1CCCCC1. The molecule has 0 radical (unpaired) electrons. The smallest absolute Gasteiger partial charge is 0.0371 e. The Labute approximate surface area is 106 Å². The topological polar surface area (TPSA) is 12.0 Å². The molecule has 1 aromatic rings. The molecule has 1 unspecified atom stereocenters. The maximum Gasteiger partial charge on any atom is 0.0371 e. The van der Waals surface area contributed by atoms with Crippen molar-refractivity contribution in [3.63, 3.8) is 0 Å². The summed E-state index contributed by atoms with van der Waals surface area (Å²) in [5.74, 6) is 0.835. The van der Waals surface area contributed by atoms with Gasteiger partial charge in [0.15, 0.2) is 0 Å². The Bertz CT molecular complexity index is 327. The highest BCUT2D eigenvalue weighted by Crippen LogP contribution is 2.36. The van der Waals surface area contributed by atoms with Crippen LogP contribution in [0, 0.1) is 5.92 Å². The van der Waals surface area contributed by atoms with Crippen LogP contribution in [-0.2, 0) is 0 Å². The molecule has 0 heterocycles. The van der Waals surface area contributed by atoms with Crippen molar-refractivity contribution in [1.29, 1.82) is 0 Å². The van der Waals surface area contributed by atoms with Gasteiger partial charge in [0.25, 0.3) is 0 Å². The van der Waals surface area contributed by atoms with E-state index in [2.05, 4.69) is 49.5 Å². The van der Waals surface area contributed by atoms with Crippen LogP contribution in [0.3, 0.4) is 0 Å². The molecule has 1 nitrogen and oxygen atoms in total. The van der Waals surface area contributed by atoms with Crippen LogP contribution in [0.2, 0.25) is 0 Å². The predicted molar refractivity (Wildman–Crippen MR) is 75.3 cm³/mol. The van der Waals surface area contributed by atoms with E-state index in [1.54, 1.807) is 0 Å². The quantitative estimate of drug-likeness (QED) is 0.781. The number of hydrogen-bond donors (Lipinski definition) is 1. The summed E-state index contributed by atoms with van der Waals surface area (Å²) in [4.78, 5) is 0. The van der Waals surface area contributed by atoms with Gasteiger partial charge < -0.3 is 5.32 Å². The summed E-state index contributed by atoms with van der Waals surface area (Å²) in [6.45, 7) is 4.71. The summed E-state index contributed by atoms with van der Waals surface area (Å²) in [7, 11) is 0. The molecule has 17 heavy (non-hydrogen) atoms. The van der Waals surface area contributed by atoms with Crippen LogP contribution >= 0.6 is 0 Å². The standard InChI is InChI=1S/C16H25N/c1-3-16(2,14-10-6-4-7-11-14)17-15-12-8-5-9-13-15/h5,8-9,12-14,17H,3-4,6-7,10-11H2,1-2H3. The zero-order chi connectivity index (χ0) is 12.1. The average Bonchev–Trinajstić information content (AvgIpc) is 2.41. The number of benzene rings is 1. The van der Waals surface area contributed by atoms with Gasteiger partial charge in [-0.05, 0) is 44.2 Å². The summed E-state index contributed by atoms with van der Waals surface area (Å²) in [5.41, 5.74) is 1.53. The fourth-order valence-electron chi connectivity index (χ4n) is 3.07. The minimum Gasteiger partial charge on any atom is -0.380 e. The van der Waals surface area contributed by atoms with Gasteiger partial charge in [0.2, 0.25) is 0 Å². The van der Waals surface area contributed by atoms with E-state index in [-0.39, 0.29) is 5.54 Å². The molecule has 1 heteroatoms. The summed E-state index contributed by atoms with van der Waals surface area (Å²) >= 11 is 0. The van der Waals surface area contributed by atoms with Crippen LogP contribution in [0.1, 0.15) is 52.4 Å². The van der Waals surface area contributed by atoms with Gasteiger partial charge in [-0.2, -0.15) is 0 Å². The van der Waals surface area contributed by atoms with Crippen molar-refractivity contribution >= 4 is 5.69 Å². The number of hydrogen-bond acceptors (Lipinski definition) is 1. The van der Waals surface area contributed by atoms with Crippen LogP contribution < -0.4 is 5.32 Å². The lowest BCUT2D eigenvalue weighted by Crippen LogP contribution is -2.43. The maximum absolute atomic E-state index is 3.77. The third-order valence-corrected chi connectivity index (χ3v) is 4.44. The third-order valence-electron chi connectivity index (χ3n) is 4.44. The van der Waals surface area contributed by atoms with E-state index < -0.39 is 0 Å². The van der Waals surface area contributed by atoms with Crippen molar-refractivity contribution in [2.24, 2.45) is 5.92 Å². The van der Waals surface area contributed by atoms with E-state index in [0.29, 0.717) is 0 Å². The number of nitrogens with one attached hydrogen (secondary N) is 1. The average molecular weight is 231 g/mol. The lowest BCUT2D eigenvalue weighted by molar-refractivity contribution is 0.236. The van der Waals surface area contributed by atoms with Crippen LogP contribution in [-0.4, -0.2) is 5.54 Å². The zero-order valence-electron chi connectivity index (χ0n) is 11.2. The van der Waals surface area contributed by atoms with Crippen LogP contribution in [0.5, 0.6) is 0 Å². The normalized spacial score (nSPS) is 20.8. The van der Waals surface area contributed by atoms with Gasteiger partial charge in [0, 0.05) is 11.2 Å². The molecule has 1 aliphatic carbocycles. The van der Waals surface area contributed by atoms with Crippen molar-refractivity contribution in [1.82, 2.24) is 0 Å². The van der Waals surface area contributed by atoms with Crippen molar-refractivity contribution in [3.8, 4) is 0 Å². The maximum atomic E-state index is 3.77. The second kappa shape index (κ2) is 5.57. The van der Waals surface area contributed by atoms with Gasteiger partial charge >= 0.3 is 0 Å². The molecule has 1 N–H and O–H groups in total. The Morgan fingerprint density at radius 1 is 1.12 bits per heavy atom. The van der Waals surface area contributed by atoms with E-state index in [1.807, 2.05) is 0 Å². The van der Waals surface area contributed by atoms with Crippen LogP contribution in [0.4, 0.5) is 5.69 Å². The predicted octanol–water partition coefficient (Wildman–Crippen LogP) is 4.85. The molecular weight excluding hydrogens is 206 g/mol. The largest absolute Gasteiger partial charge is 0.380 e. The van der Waals surface area contributed by atoms with Gasteiger partial charge in [-0.25, -0.2) is 0 Å². The molecule has 1 saturated carbocycles. The van der Waals surface area contributed by atoms with Crippen molar-refractivity contribution in [3.05, 3.63) is 30.3 Å². The molecular formula is C16H25N. The van der Waals surface area contributed by atoms with E-state index in [1.165, 1.54) is 44.2 Å². The molecule has 0 aromatic heterocycles. The van der Waals surface area contributed by atoms with Crippen molar-refractivity contribution in [2.75, 3.05) is 5.32 Å². The molecule has 0 aliphatic heterocycles. The highest BCUT2D eigenvalue weighted by atomic mass is 15.0. The molecule has 0 amide bonds. The van der Waals surface area contributed by atoms with Crippen LogP contribution in [0.15, 0.2) is 30.3 Å². The molecule has 1 fully saturated rings. The molecule has 2 rings (SSSR count). The second-order valence-electron chi connectivity index (χ2n) is 5.60. The van der Waals surface area contributed by atoms with Crippen molar-refractivity contribution < 1.29 is 0 Å². The minimum atomic E-state index is 0.266. The lowest BCUT2D eigenvalue weighted by atomic mass is 9.74. The molecule has 1 aliphatic rings. The molecule has 0 saturated heterocycles. The Kier molecular flexibility index (Phi) is 4.09. The van der Waals surface area contributed by atoms with Gasteiger partial charge in [-0.3, -0.25) is 0 Å². The summed E-state index contributed by atoms with van der Waals surface area (Å²) in [6, 6.07) is 10.7.